The molecule has 0 radical (unpaired) electrons. The Morgan fingerprint density at radius 2 is 1.96 bits per heavy atom. The summed E-state index contributed by atoms with van der Waals surface area (Å²) in [6, 6.07) is 17.1. The molecule has 0 unspecified atom stereocenters. The van der Waals surface area contributed by atoms with Crippen LogP contribution in [0.2, 0.25) is 0 Å². The van der Waals surface area contributed by atoms with E-state index in [0.717, 1.165) is 16.7 Å². The van der Waals surface area contributed by atoms with E-state index in [9.17, 15) is 10.1 Å². The molecule has 0 aliphatic carbocycles. The van der Waals surface area contributed by atoms with Gasteiger partial charge >= 0.3 is 5.97 Å². The number of nitriles is 1. The lowest BCUT2D eigenvalue weighted by Crippen LogP contribution is -2.04. The Bertz CT molecular complexity index is 981. The van der Waals surface area contributed by atoms with Crippen molar-refractivity contribution in [2.24, 2.45) is 7.05 Å². The molecule has 0 aliphatic rings. The summed E-state index contributed by atoms with van der Waals surface area (Å²) in [5, 5.41) is 22.9. The van der Waals surface area contributed by atoms with Crippen molar-refractivity contribution in [1.82, 2.24) is 9.78 Å². The van der Waals surface area contributed by atoms with E-state index in [1.165, 1.54) is 10.7 Å². The van der Waals surface area contributed by atoms with Gasteiger partial charge < -0.3 is 5.11 Å². The Morgan fingerprint density at radius 1 is 1.17 bits per heavy atom. The fourth-order valence-corrected chi connectivity index (χ4v) is 2.67. The first-order valence-electron chi connectivity index (χ1n) is 7.38. The van der Waals surface area contributed by atoms with Gasteiger partial charge in [0.25, 0.3) is 0 Å². The summed E-state index contributed by atoms with van der Waals surface area (Å²) in [5.74, 6) is -1.03. The second-order valence-electron chi connectivity index (χ2n) is 5.59. The van der Waals surface area contributed by atoms with Gasteiger partial charge in [-0.25, -0.2) is 4.79 Å². The molecule has 0 bridgehead atoms. The summed E-state index contributed by atoms with van der Waals surface area (Å²) in [7, 11) is 1.58. The third-order valence-electron chi connectivity index (χ3n) is 3.86. The number of benzene rings is 2. The maximum Gasteiger partial charge on any atom is 0.354 e. The van der Waals surface area contributed by atoms with E-state index in [1.54, 1.807) is 13.1 Å². The molecule has 1 aromatic heterocycles. The number of aromatic nitrogens is 2. The molecule has 0 saturated heterocycles. The van der Waals surface area contributed by atoms with Gasteiger partial charge in [-0.1, -0.05) is 42.0 Å². The normalized spacial score (nSPS) is 10.4. The van der Waals surface area contributed by atoms with E-state index in [0.29, 0.717) is 16.8 Å². The number of aryl methyl sites for hydroxylation is 2. The van der Waals surface area contributed by atoms with Crippen LogP contribution in [-0.4, -0.2) is 20.9 Å². The van der Waals surface area contributed by atoms with Crippen molar-refractivity contribution in [1.29, 1.82) is 5.26 Å². The van der Waals surface area contributed by atoms with Crippen molar-refractivity contribution in [3.63, 3.8) is 0 Å². The number of aromatic carboxylic acids is 1. The van der Waals surface area contributed by atoms with Gasteiger partial charge in [-0.05, 0) is 30.2 Å². The Hall–Kier alpha value is -3.39. The lowest BCUT2D eigenvalue weighted by molar-refractivity contribution is 0.0685. The maximum absolute atomic E-state index is 11.1. The molecule has 5 nitrogen and oxygen atoms in total. The standard InChI is InChI=1S/C19H15N3O2/c1-12-4-3-5-13(8-12)16-7-6-14(9-15(16)11-20)17-10-18(19(23)24)22(2)21-17/h3-10H,1-2H3,(H,23,24). The van der Waals surface area contributed by atoms with Crippen LogP contribution in [0.4, 0.5) is 0 Å². The van der Waals surface area contributed by atoms with E-state index < -0.39 is 5.97 Å². The van der Waals surface area contributed by atoms with Gasteiger partial charge in [-0.2, -0.15) is 10.4 Å². The van der Waals surface area contributed by atoms with E-state index in [1.807, 2.05) is 43.3 Å². The lowest BCUT2D eigenvalue weighted by Gasteiger charge is -2.07. The molecule has 0 spiro atoms. The number of carbonyl (C=O) groups is 1. The summed E-state index contributed by atoms with van der Waals surface area (Å²) < 4.78 is 1.32. The first kappa shape index (κ1) is 15.5. The summed E-state index contributed by atoms with van der Waals surface area (Å²) in [6.45, 7) is 2.01. The quantitative estimate of drug-likeness (QED) is 0.800. The van der Waals surface area contributed by atoms with Crippen LogP contribution in [0, 0.1) is 18.3 Å². The number of carboxylic acids is 1. The lowest BCUT2D eigenvalue weighted by atomic mass is 9.96. The van der Waals surface area contributed by atoms with Crippen LogP contribution in [0.1, 0.15) is 21.6 Å². The molecule has 0 atom stereocenters. The zero-order chi connectivity index (χ0) is 17.3. The van der Waals surface area contributed by atoms with Gasteiger partial charge in [0, 0.05) is 12.6 Å². The molecule has 5 heteroatoms. The predicted octanol–water partition coefficient (Wildman–Crippen LogP) is 3.63. The van der Waals surface area contributed by atoms with E-state index in [4.69, 9.17) is 5.11 Å². The smallest absolute Gasteiger partial charge is 0.354 e. The van der Waals surface area contributed by atoms with Gasteiger partial charge in [0.1, 0.15) is 5.69 Å². The Balaban J connectivity index is 2.09. The minimum absolute atomic E-state index is 0.103. The largest absolute Gasteiger partial charge is 0.477 e. The molecular weight excluding hydrogens is 302 g/mol. The highest BCUT2D eigenvalue weighted by atomic mass is 16.4. The molecule has 24 heavy (non-hydrogen) atoms. The van der Waals surface area contributed by atoms with Crippen molar-refractivity contribution in [2.45, 2.75) is 6.92 Å². The number of rotatable bonds is 3. The molecule has 3 rings (SSSR count). The fourth-order valence-electron chi connectivity index (χ4n) is 2.67. The minimum Gasteiger partial charge on any atom is -0.477 e. The number of hydrogen-bond donors (Lipinski definition) is 1. The van der Waals surface area contributed by atoms with Crippen LogP contribution in [0.3, 0.4) is 0 Å². The van der Waals surface area contributed by atoms with Crippen molar-refractivity contribution >= 4 is 5.97 Å². The van der Waals surface area contributed by atoms with Crippen LogP contribution in [0.15, 0.2) is 48.5 Å². The second kappa shape index (κ2) is 6.01. The first-order chi connectivity index (χ1) is 11.5. The van der Waals surface area contributed by atoms with E-state index in [2.05, 4.69) is 11.2 Å². The van der Waals surface area contributed by atoms with Crippen LogP contribution < -0.4 is 0 Å². The third-order valence-corrected chi connectivity index (χ3v) is 3.86. The van der Waals surface area contributed by atoms with Crippen molar-refractivity contribution < 1.29 is 9.90 Å². The van der Waals surface area contributed by atoms with Gasteiger partial charge in [0.2, 0.25) is 0 Å². The molecule has 0 saturated carbocycles. The SMILES string of the molecule is Cc1cccc(-c2ccc(-c3cc(C(=O)O)n(C)n3)cc2C#N)c1. The average molecular weight is 317 g/mol. The number of nitrogens with zero attached hydrogens (tertiary/aromatic N) is 3. The van der Waals surface area contributed by atoms with E-state index >= 15 is 0 Å². The molecule has 1 N–H and O–H groups in total. The molecule has 3 aromatic rings. The molecule has 2 aromatic carbocycles. The summed E-state index contributed by atoms with van der Waals surface area (Å²) in [6.07, 6.45) is 0. The highest BCUT2D eigenvalue weighted by Gasteiger charge is 2.14. The Labute approximate surface area is 139 Å². The van der Waals surface area contributed by atoms with Gasteiger partial charge in [-0.15, -0.1) is 0 Å². The van der Waals surface area contributed by atoms with Crippen LogP contribution in [0.5, 0.6) is 0 Å². The zero-order valence-electron chi connectivity index (χ0n) is 13.3. The summed E-state index contributed by atoms with van der Waals surface area (Å²) in [5.41, 5.74) is 4.82. The molecular formula is C19H15N3O2. The van der Waals surface area contributed by atoms with Crippen molar-refractivity contribution in [3.8, 4) is 28.5 Å². The van der Waals surface area contributed by atoms with E-state index in [-0.39, 0.29) is 5.69 Å². The predicted molar refractivity (Wildman–Crippen MR) is 90.5 cm³/mol. The first-order valence-corrected chi connectivity index (χ1v) is 7.38. The summed E-state index contributed by atoms with van der Waals surface area (Å²) in [4.78, 5) is 11.1. The Kier molecular flexibility index (Phi) is 3.88. The van der Waals surface area contributed by atoms with Crippen molar-refractivity contribution in [2.75, 3.05) is 0 Å². The number of hydrogen-bond acceptors (Lipinski definition) is 3. The molecule has 0 amide bonds. The van der Waals surface area contributed by atoms with Gasteiger partial charge in [0.05, 0.1) is 17.3 Å². The second-order valence-corrected chi connectivity index (χ2v) is 5.59. The topological polar surface area (TPSA) is 78.9 Å². The molecule has 118 valence electrons. The van der Waals surface area contributed by atoms with Crippen LogP contribution in [0.25, 0.3) is 22.4 Å². The highest BCUT2D eigenvalue weighted by molar-refractivity contribution is 5.87. The fraction of sp³-hybridized carbons (Fsp3) is 0.105. The molecule has 0 fully saturated rings. The van der Waals surface area contributed by atoms with Crippen LogP contribution >= 0.6 is 0 Å². The third kappa shape index (κ3) is 2.77. The molecule has 0 aliphatic heterocycles. The average Bonchev–Trinajstić information content (AvgIpc) is 2.96. The van der Waals surface area contributed by atoms with Gasteiger partial charge in [-0.3, -0.25) is 4.68 Å². The molecule has 1 heterocycles. The zero-order valence-corrected chi connectivity index (χ0v) is 13.3. The number of carboxylic acid groups (broad SMARTS) is 1. The highest BCUT2D eigenvalue weighted by Crippen LogP contribution is 2.29. The van der Waals surface area contributed by atoms with Crippen LogP contribution in [-0.2, 0) is 7.05 Å². The maximum atomic E-state index is 11.1. The summed E-state index contributed by atoms with van der Waals surface area (Å²) >= 11 is 0. The Morgan fingerprint density at radius 3 is 2.58 bits per heavy atom. The van der Waals surface area contributed by atoms with Crippen molar-refractivity contribution in [3.05, 3.63) is 65.4 Å². The monoisotopic (exact) mass is 317 g/mol. The minimum atomic E-state index is -1.03. The van der Waals surface area contributed by atoms with Gasteiger partial charge in [0.15, 0.2) is 0 Å².